The zero-order valence-corrected chi connectivity index (χ0v) is 21.4. The molecule has 1 aromatic carbocycles. The number of nitrogens with one attached hydrogen (secondary N) is 2. The summed E-state index contributed by atoms with van der Waals surface area (Å²) in [4.78, 5) is 7.53. The zero-order valence-electron chi connectivity index (χ0n) is 21.4. The first-order valence-corrected chi connectivity index (χ1v) is 13.3. The number of fused-ring (bicyclic) bond motifs is 1. The molecular weight excluding hydrogens is 420 g/mol. The summed E-state index contributed by atoms with van der Waals surface area (Å²) >= 11 is 0. The molecule has 5 heteroatoms. The first-order chi connectivity index (χ1) is 16.2. The van der Waals surface area contributed by atoms with Crippen LogP contribution >= 0.6 is 0 Å². The van der Waals surface area contributed by atoms with Crippen molar-refractivity contribution in [2.24, 2.45) is 0 Å². The molecule has 2 aliphatic heterocycles. The lowest BCUT2D eigenvalue weighted by Crippen LogP contribution is -2.48. The van der Waals surface area contributed by atoms with Gasteiger partial charge in [0.25, 0.3) is 0 Å². The van der Waals surface area contributed by atoms with Gasteiger partial charge in [0.1, 0.15) is 5.82 Å². The lowest BCUT2D eigenvalue weighted by Gasteiger charge is -2.42. The summed E-state index contributed by atoms with van der Waals surface area (Å²) in [5.41, 5.74) is 5.73. The fourth-order valence-corrected chi connectivity index (χ4v) is 6.08. The van der Waals surface area contributed by atoms with Crippen molar-refractivity contribution < 1.29 is 5.11 Å². The van der Waals surface area contributed by atoms with Gasteiger partial charge in [0, 0.05) is 37.3 Å². The van der Waals surface area contributed by atoms with Gasteiger partial charge in [-0.3, -0.25) is 0 Å². The van der Waals surface area contributed by atoms with Crippen LogP contribution in [0.15, 0.2) is 36.4 Å². The zero-order chi connectivity index (χ0) is 23.9. The van der Waals surface area contributed by atoms with E-state index in [0.717, 1.165) is 57.0 Å². The highest BCUT2D eigenvalue weighted by Crippen LogP contribution is 2.46. The van der Waals surface area contributed by atoms with Gasteiger partial charge >= 0.3 is 0 Å². The summed E-state index contributed by atoms with van der Waals surface area (Å²) in [6.45, 7) is 13.3. The average Bonchev–Trinajstić information content (AvgIpc) is 3.25. The normalized spacial score (nSPS) is 26.4. The molecule has 184 valence electrons. The number of hydrogen-bond acceptors (Lipinski definition) is 5. The highest BCUT2D eigenvalue weighted by atomic mass is 16.3. The van der Waals surface area contributed by atoms with E-state index in [1.54, 1.807) is 0 Å². The second-order valence-electron chi connectivity index (χ2n) is 12.0. The van der Waals surface area contributed by atoms with Gasteiger partial charge in [-0.1, -0.05) is 45.9 Å². The number of anilines is 1. The minimum Gasteiger partial charge on any atom is -0.391 e. The summed E-state index contributed by atoms with van der Waals surface area (Å²) in [6, 6.07) is 14.2. The van der Waals surface area contributed by atoms with E-state index < -0.39 is 0 Å². The topological polar surface area (TPSA) is 60.4 Å². The van der Waals surface area contributed by atoms with Crippen LogP contribution in [-0.4, -0.2) is 54.5 Å². The summed E-state index contributed by atoms with van der Waals surface area (Å²) in [6.07, 6.45) is 5.34. The number of hydrogen-bond donors (Lipinski definition) is 3. The molecule has 1 aromatic heterocycles. The third kappa shape index (κ3) is 4.75. The van der Waals surface area contributed by atoms with Gasteiger partial charge < -0.3 is 20.6 Å². The van der Waals surface area contributed by atoms with Crippen LogP contribution in [0.5, 0.6) is 0 Å². The van der Waals surface area contributed by atoms with Crippen LogP contribution in [0, 0.1) is 0 Å². The molecule has 34 heavy (non-hydrogen) atoms. The molecule has 1 aliphatic carbocycles. The molecule has 2 aromatic rings. The van der Waals surface area contributed by atoms with E-state index >= 15 is 0 Å². The number of aliphatic hydroxyl groups is 1. The van der Waals surface area contributed by atoms with Crippen molar-refractivity contribution in [3.05, 3.63) is 47.5 Å². The molecular formula is C29H42N4O. The average molecular weight is 463 g/mol. The van der Waals surface area contributed by atoms with Crippen LogP contribution in [0.3, 0.4) is 0 Å². The minimum atomic E-state index is -0.209. The Bertz CT molecular complexity index is 1010. The molecule has 2 saturated heterocycles. The molecule has 2 atom stereocenters. The van der Waals surface area contributed by atoms with Gasteiger partial charge in [-0.05, 0) is 78.8 Å². The first-order valence-electron chi connectivity index (χ1n) is 13.3. The second kappa shape index (κ2) is 9.25. The molecule has 2 fully saturated rings. The van der Waals surface area contributed by atoms with Crippen molar-refractivity contribution in [2.75, 3.05) is 31.1 Å². The van der Waals surface area contributed by atoms with E-state index in [9.17, 15) is 5.11 Å². The maximum atomic E-state index is 10.0. The van der Waals surface area contributed by atoms with Crippen LogP contribution in [0.1, 0.15) is 70.9 Å². The molecule has 0 spiro atoms. The van der Waals surface area contributed by atoms with E-state index in [-0.39, 0.29) is 23.0 Å². The van der Waals surface area contributed by atoms with E-state index in [1.165, 1.54) is 29.5 Å². The Kier molecular flexibility index (Phi) is 6.47. The third-order valence-corrected chi connectivity index (χ3v) is 8.64. The molecule has 5 rings (SSSR count). The number of pyridine rings is 1. The van der Waals surface area contributed by atoms with Crippen LogP contribution in [0.25, 0.3) is 11.3 Å². The maximum Gasteiger partial charge on any atom is 0.129 e. The van der Waals surface area contributed by atoms with E-state index in [2.05, 4.69) is 79.6 Å². The van der Waals surface area contributed by atoms with Crippen molar-refractivity contribution in [1.29, 1.82) is 0 Å². The lowest BCUT2D eigenvalue weighted by molar-refractivity contribution is 0.155. The lowest BCUT2D eigenvalue weighted by atomic mass is 9.63. The summed E-state index contributed by atoms with van der Waals surface area (Å²) in [5.74, 6) is 1.08. The second-order valence-corrected chi connectivity index (χ2v) is 12.0. The number of rotatable bonds is 5. The Morgan fingerprint density at radius 2 is 1.74 bits per heavy atom. The molecule has 3 aliphatic rings. The minimum absolute atomic E-state index is 0.198. The van der Waals surface area contributed by atoms with Crippen molar-refractivity contribution in [3.8, 4) is 11.3 Å². The van der Waals surface area contributed by atoms with Gasteiger partial charge in [-0.2, -0.15) is 0 Å². The fourth-order valence-electron chi connectivity index (χ4n) is 6.08. The third-order valence-electron chi connectivity index (χ3n) is 8.64. The van der Waals surface area contributed by atoms with Crippen molar-refractivity contribution >= 4 is 5.82 Å². The molecule has 0 unspecified atom stereocenters. The van der Waals surface area contributed by atoms with Gasteiger partial charge in [0.15, 0.2) is 0 Å². The van der Waals surface area contributed by atoms with Crippen LogP contribution in [-0.2, 0) is 10.8 Å². The number of benzene rings is 1. The Hall–Kier alpha value is -1.95. The fraction of sp³-hybridized carbons (Fsp3) is 0.621. The number of piperidine rings is 1. The van der Waals surface area contributed by atoms with Gasteiger partial charge in [-0.25, -0.2) is 4.98 Å². The smallest absolute Gasteiger partial charge is 0.129 e. The molecule has 5 nitrogen and oxygen atoms in total. The van der Waals surface area contributed by atoms with E-state index in [4.69, 9.17) is 4.98 Å². The highest BCUT2D eigenvalue weighted by Gasteiger charge is 2.37. The number of aliphatic hydroxyl groups excluding tert-OH is 1. The molecule has 3 heterocycles. The molecule has 0 amide bonds. The van der Waals surface area contributed by atoms with E-state index in [1.807, 2.05) is 0 Å². The van der Waals surface area contributed by atoms with Gasteiger partial charge in [0.2, 0.25) is 0 Å². The van der Waals surface area contributed by atoms with Gasteiger partial charge in [-0.15, -0.1) is 0 Å². The Balaban J connectivity index is 1.27. The molecule has 0 saturated carbocycles. The van der Waals surface area contributed by atoms with Crippen molar-refractivity contribution in [1.82, 2.24) is 15.6 Å². The van der Waals surface area contributed by atoms with Crippen LogP contribution in [0.2, 0.25) is 0 Å². The number of nitrogens with zero attached hydrogens (tertiary/aromatic N) is 2. The van der Waals surface area contributed by atoms with Crippen LogP contribution < -0.4 is 15.5 Å². The maximum absolute atomic E-state index is 10.0. The van der Waals surface area contributed by atoms with E-state index in [0.29, 0.717) is 6.04 Å². The summed E-state index contributed by atoms with van der Waals surface area (Å²) in [5, 5.41) is 17.1. The molecule has 0 bridgehead atoms. The predicted molar refractivity (Wildman–Crippen MR) is 141 cm³/mol. The number of aromatic nitrogens is 1. The Morgan fingerprint density at radius 3 is 2.44 bits per heavy atom. The SMILES string of the molecule is CC1(C)CCC(C)(C)c2cc(-c3cccc(N4CCC(NC[C@H]5NCC[C@@H]5O)CC4)n3)ccc21. The largest absolute Gasteiger partial charge is 0.391 e. The molecule has 0 radical (unpaired) electrons. The first kappa shape index (κ1) is 23.8. The van der Waals surface area contributed by atoms with Crippen molar-refractivity contribution in [3.63, 3.8) is 0 Å². The standard InChI is InChI=1S/C29H42N4O/c1-28(2)13-14-29(3,4)23-18-20(8-9-22(23)28)24-6-5-7-27(32-24)33-16-11-21(12-17-33)31-19-25-26(34)10-15-30-25/h5-9,18,21,25-26,30-31,34H,10-17,19H2,1-4H3/t25-,26+/m1/s1. The van der Waals surface area contributed by atoms with Crippen LogP contribution in [0.4, 0.5) is 5.82 Å². The molecule has 3 N–H and O–H groups in total. The quantitative estimate of drug-likeness (QED) is 0.616. The Labute approximate surface area is 205 Å². The van der Waals surface area contributed by atoms with Gasteiger partial charge in [0.05, 0.1) is 11.8 Å². The summed E-state index contributed by atoms with van der Waals surface area (Å²) < 4.78 is 0. The monoisotopic (exact) mass is 462 g/mol. The summed E-state index contributed by atoms with van der Waals surface area (Å²) in [7, 11) is 0. The highest BCUT2D eigenvalue weighted by molar-refractivity contribution is 5.65. The van der Waals surface area contributed by atoms with Crippen molar-refractivity contribution in [2.45, 2.75) is 88.8 Å². The predicted octanol–water partition coefficient (Wildman–Crippen LogP) is 4.38. The Morgan fingerprint density at radius 1 is 1.00 bits per heavy atom.